The standard InChI is InChI=1S/C15H26N2O2/c1-6-7-10-8-11(10)17-12(9(2)3)13(18)16-15(4,5)14(17)19/h9-12H,6-8H2,1-5H3,(H,16,18). The Labute approximate surface area is 115 Å². The summed E-state index contributed by atoms with van der Waals surface area (Å²) in [5.41, 5.74) is -0.762. The quantitative estimate of drug-likeness (QED) is 0.845. The average molecular weight is 266 g/mol. The maximum Gasteiger partial charge on any atom is 0.248 e. The van der Waals surface area contributed by atoms with E-state index in [1.165, 1.54) is 0 Å². The molecule has 1 aliphatic carbocycles. The van der Waals surface area contributed by atoms with Crippen molar-refractivity contribution in [2.24, 2.45) is 11.8 Å². The van der Waals surface area contributed by atoms with E-state index in [0.717, 1.165) is 19.3 Å². The van der Waals surface area contributed by atoms with Gasteiger partial charge in [-0.1, -0.05) is 27.2 Å². The molecule has 0 radical (unpaired) electrons. The summed E-state index contributed by atoms with van der Waals surface area (Å²) in [4.78, 5) is 26.8. The molecule has 0 bridgehead atoms. The summed E-state index contributed by atoms with van der Waals surface area (Å²) in [6.07, 6.45) is 3.36. The first kappa shape index (κ1) is 14.4. The number of nitrogens with one attached hydrogen (secondary N) is 1. The second-order valence-electron chi connectivity index (χ2n) is 6.87. The molecule has 0 spiro atoms. The zero-order valence-corrected chi connectivity index (χ0v) is 12.7. The Morgan fingerprint density at radius 2 is 2.00 bits per heavy atom. The van der Waals surface area contributed by atoms with Crippen LogP contribution < -0.4 is 5.32 Å². The van der Waals surface area contributed by atoms with E-state index < -0.39 is 5.54 Å². The summed E-state index contributed by atoms with van der Waals surface area (Å²) in [6.45, 7) is 9.80. The second kappa shape index (κ2) is 4.80. The lowest BCUT2D eigenvalue weighted by Crippen LogP contribution is -2.69. The first-order chi connectivity index (χ1) is 8.79. The number of hydrogen-bond acceptors (Lipinski definition) is 2. The van der Waals surface area contributed by atoms with Crippen molar-refractivity contribution >= 4 is 11.8 Å². The Morgan fingerprint density at radius 3 is 2.53 bits per heavy atom. The van der Waals surface area contributed by atoms with Crippen LogP contribution in [0.4, 0.5) is 0 Å². The highest BCUT2D eigenvalue weighted by Crippen LogP contribution is 2.43. The van der Waals surface area contributed by atoms with Crippen molar-refractivity contribution in [2.45, 2.75) is 71.5 Å². The summed E-state index contributed by atoms with van der Waals surface area (Å²) in [6, 6.07) is -0.0162. The highest BCUT2D eigenvalue weighted by atomic mass is 16.2. The molecule has 0 aromatic heterocycles. The first-order valence-electron chi connectivity index (χ1n) is 7.44. The third kappa shape index (κ3) is 2.49. The molecular weight excluding hydrogens is 240 g/mol. The molecule has 4 nitrogen and oxygen atoms in total. The molecule has 0 aromatic carbocycles. The molecule has 1 saturated heterocycles. The molecule has 3 unspecified atom stereocenters. The minimum atomic E-state index is -0.762. The highest BCUT2D eigenvalue weighted by molar-refractivity contribution is 5.99. The molecule has 1 saturated carbocycles. The van der Waals surface area contributed by atoms with Crippen LogP contribution in [0.5, 0.6) is 0 Å². The molecule has 2 fully saturated rings. The number of rotatable bonds is 4. The van der Waals surface area contributed by atoms with Crippen molar-refractivity contribution in [1.82, 2.24) is 10.2 Å². The highest BCUT2D eigenvalue weighted by Gasteiger charge is 2.54. The molecule has 1 heterocycles. The van der Waals surface area contributed by atoms with Gasteiger partial charge in [-0.25, -0.2) is 0 Å². The normalized spacial score (nSPS) is 33.6. The molecule has 1 N–H and O–H groups in total. The maximum absolute atomic E-state index is 12.6. The van der Waals surface area contributed by atoms with Gasteiger partial charge in [-0.15, -0.1) is 0 Å². The predicted molar refractivity (Wildman–Crippen MR) is 74.5 cm³/mol. The molecular formula is C15H26N2O2. The predicted octanol–water partition coefficient (Wildman–Crippen LogP) is 1.94. The number of carbonyl (C=O) groups excluding carboxylic acids is 2. The van der Waals surface area contributed by atoms with E-state index in [1.807, 2.05) is 18.7 Å². The lowest BCUT2D eigenvalue weighted by atomic mass is 9.91. The van der Waals surface area contributed by atoms with E-state index in [0.29, 0.717) is 5.92 Å². The third-order valence-electron chi connectivity index (χ3n) is 4.31. The number of amides is 2. The van der Waals surface area contributed by atoms with Gasteiger partial charge in [0.25, 0.3) is 0 Å². The van der Waals surface area contributed by atoms with Gasteiger partial charge in [0, 0.05) is 6.04 Å². The van der Waals surface area contributed by atoms with Gasteiger partial charge >= 0.3 is 0 Å². The fraction of sp³-hybridized carbons (Fsp3) is 0.867. The Bertz CT molecular complexity index is 390. The molecule has 108 valence electrons. The summed E-state index contributed by atoms with van der Waals surface area (Å²) in [5, 5.41) is 2.87. The monoisotopic (exact) mass is 266 g/mol. The van der Waals surface area contributed by atoms with E-state index in [1.54, 1.807) is 13.8 Å². The molecule has 2 rings (SSSR count). The summed E-state index contributed by atoms with van der Waals surface area (Å²) in [7, 11) is 0. The minimum absolute atomic E-state index is 0.00162. The summed E-state index contributed by atoms with van der Waals surface area (Å²) >= 11 is 0. The molecule has 1 aliphatic heterocycles. The van der Waals surface area contributed by atoms with Crippen molar-refractivity contribution in [1.29, 1.82) is 0 Å². The lowest BCUT2D eigenvalue weighted by molar-refractivity contribution is -0.156. The SMILES string of the molecule is CCCC1CC1N1C(=O)C(C)(C)NC(=O)C1C(C)C. The lowest BCUT2D eigenvalue weighted by Gasteiger charge is -2.45. The van der Waals surface area contributed by atoms with Gasteiger partial charge in [-0.05, 0) is 38.5 Å². The number of nitrogens with zero attached hydrogens (tertiary/aromatic N) is 1. The zero-order chi connectivity index (χ0) is 14.4. The Balaban J connectivity index is 2.24. The summed E-state index contributed by atoms with van der Waals surface area (Å²) in [5.74, 6) is 0.830. The van der Waals surface area contributed by atoms with Gasteiger partial charge < -0.3 is 10.2 Å². The van der Waals surface area contributed by atoms with Gasteiger partial charge in [0.15, 0.2) is 0 Å². The zero-order valence-electron chi connectivity index (χ0n) is 12.7. The minimum Gasteiger partial charge on any atom is -0.340 e. The molecule has 4 heteroatoms. The van der Waals surface area contributed by atoms with Gasteiger partial charge in [-0.2, -0.15) is 0 Å². The van der Waals surface area contributed by atoms with Crippen LogP contribution >= 0.6 is 0 Å². The van der Waals surface area contributed by atoms with Crippen LogP contribution in [0, 0.1) is 11.8 Å². The van der Waals surface area contributed by atoms with Gasteiger partial charge in [0.05, 0.1) is 0 Å². The van der Waals surface area contributed by atoms with Crippen molar-refractivity contribution in [2.75, 3.05) is 0 Å². The van der Waals surface area contributed by atoms with E-state index in [4.69, 9.17) is 0 Å². The van der Waals surface area contributed by atoms with Crippen LogP contribution in [0.2, 0.25) is 0 Å². The fourth-order valence-electron chi connectivity index (χ4n) is 3.24. The number of hydrogen-bond donors (Lipinski definition) is 1. The maximum atomic E-state index is 12.6. The van der Waals surface area contributed by atoms with Crippen LogP contribution in [-0.4, -0.2) is 34.3 Å². The summed E-state index contributed by atoms with van der Waals surface area (Å²) < 4.78 is 0. The van der Waals surface area contributed by atoms with E-state index in [-0.39, 0.29) is 29.8 Å². The number of piperazine rings is 1. The van der Waals surface area contributed by atoms with Crippen molar-refractivity contribution in [3.8, 4) is 0 Å². The Kier molecular flexibility index (Phi) is 3.63. The van der Waals surface area contributed by atoms with Gasteiger partial charge in [-0.3, -0.25) is 9.59 Å². The molecule has 0 aromatic rings. The Hall–Kier alpha value is -1.06. The van der Waals surface area contributed by atoms with Crippen molar-refractivity contribution in [3.63, 3.8) is 0 Å². The third-order valence-corrected chi connectivity index (χ3v) is 4.31. The molecule has 2 amide bonds. The van der Waals surface area contributed by atoms with Crippen LogP contribution in [0.1, 0.15) is 53.9 Å². The van der Waals surface area contributed by atoms with E-state index in [2.05, 4.69) is 12.2 Å². The fourth-order valence-corrected chi connectivity index (χ4v) is 3.24. The molecule has 19 heavy (non-hydrogen) atoms. The topological polar surface area (TPSA) is 49.4 Å². The molecule has 3 atom stereocenters. The largest absolute Gasteiger partial charge is 0.340 e. The smallest absolute Gasteiger partial charge is 0.248 e. The van der Waals surface area contributed by atoms with Crippen LogP contribution in [0.25, 0.3) is 0 Å². The average Bonchev–Trinajstić information content (AvgIpc) is 3.01. The van der Waals surface area contributed by atoms with Crippen LogP contribution in [-0.2, 0) is 9.59 Å². The van der Waals surface area contributed by atoms with Crippen LogP contribution in [0.15, 0.2) is 0 Å². The van der Waals surface area contributed by atoms with Gasteiger partial charge in [0.2, 0.25) is 11.8 Å². The molecule has 2 aliphatic rings. The van der Waals surface area contributed by atoms with Crippen molar-refractivity contribution < 1.29 is 9.59 Å². The van der Waals surface area contributed by atoms with Crippen molar-refractivity contribution in [3.05, 3.63) is 0 Å². The van der Waals surface area contributed by atoms with Gasteiger partial charge in [0.1, 0.15) is 11.6 Å². The van der Waals surface area contributed by atoms with E-state index in [9.17, 15) is 9.59 Å². The number of carbonyl (C=O) groups is 2. The van der Waals surface area contributed by atoms with Crippen LogP contribution in [0.3, 0.4) is 0 Å². The second-order valence-corrected chi connectivity index (χ2v) is 6.87. The Morgan fingerprint density at radius 1 is 1.37 bits per heavy atom. The van der Waals surface area contributed by atoms with E-state index >= 15 is 0 Å². The first-order valence-corrected chi connectivity index (χ1v) is 7.44.